The van der Waals surface area contributed by atoms with Crippen LogP contribution in [0.5, 0.6) is 0 Å². The van der Waals surface area contributed by atoms with Crippen LogP contribution in [0.2, 0.25) is 0 Å². The molecule has 0 saturated heterocycles. The summed E-state index contributed by atoms with van der Waals surface area (Å²) >= 11 is 0. The predicted octanol–water partition coefficient (Wildman–Crippen LogP) is 12.9. The van der Waals surface area contributed by atoms with Gasteiger partial charge in [0.1, 0.15) is 11.2 Å². The van der Waals surface area contributed by atoms with Crippen LogP contribution in [0.4, 0.5) is 0 Å². The molecular weight excluding hydrogens is 621 g/mol. The first kappa shape index (κ1) is 30.3. The Balaban J connectivity index is 1.27. The summed E-state index contributed by atoms with van der Waals surface area (Å²) in [4.78, 5) is 14.6. The fourth-order valence-electron chi connectivity index (χ4n) is 7.33. The van der Waals surface area contributed by atoms with Gasteiger partial charge < -0.3 is 4.42 Å². The highest BCUT2D eigenvalue weighted by Gasteiger charge is 2.19. The third kappa shape index (κ3) is 5.53. The Kier molecular flexibility index (Phi) is 7.68. The molecule has 0 amide bonds. The maximum atomic E-state index is 14.6. The number of benzene rings is 8. The van der Waals surface area contributed by atoms with E-state index < -0.39 is 0 Å². The van der Waals surface area contributed by atoms with Crippen molar-refractivity contribution in [2.75, 3.05) is 0 Å². The molecule has 0 aliphatic rings. The Bertz CT molecular complexity index is 2430. The zero-order valence-electron chi connectivity index (χ0n) is 27.8. The highest BCUT2D eigenvalue weighted by molar-refractivity contribution is 6.01. The van der Waals surface area contributed by atoms with E-state index in [1.54, 1.807) is 0 Å². The van der Waals surface area contributed by atoms with E-state index in [0.717, 1.165) is 66.8 Å². The summed E-state index contributed by atoms with van der Waals surface area (Å²) in [6.45, 7) is 0. The van der Waals surface area contributed by atoms with Crippen molar-refractivity contribution in [2.45, 2.75) is 0 Å². The molecule has 1 aromatic heterocycles. The van der Waals surface area contributed by atoms with Crippen molar-refractivity contribution in [1.82, 2.24) is 0 Å². The van der Waals surface area contributed by atoms with E-state index in [1.165, 1.54) is 0 Å². The minimum atomic E-state index is -0.0492. The van der Waals surface area contributed by atoms with Gasteiger partial charge in [0, 0.05) is 0 Å². The Morgan fingerprint density at radius 2 is 0.608 bits per heavy atom. The zero-order chi connectivity index (χ0) is 34.1. The third-order valence-electron chi connectivity index (χ3n) is 9.71. The van der Waals surface area contributed by atoms with Gasteiger partial charge in [0.25, 0.3) is 0 Å². The van der Waals surface area contributed by atoms with Crippen molar-refractivity contribution in [2.24, 2.45) is 0 Å². The minimum absolute atomic E-state index is 0.0492. The SMILES string of the molecule is O=c1c2cc(-c3c(-c4ccccc4)cccc3-c3ccccc3)ccc2oc2ccc(-c3c(-c4ccccc4)cccc3-c3ccccc3)cc12. The first-order valence-corrected chi connectivity index (χ1v) is 17.2. The van der Waals surface area contributed by atoms with E-state index in [4.69, 9.17) is 4.42 Å². The van der Waals surface area contributed by atoms with Crippen LogP contribution in [-0.4, -0.2) is 0 Å². The molecule has 1 heterocycles. The lowest BCUT2D eigenvalue weighted by molar-refractivity contribution is 0.660. The van der Waals surface area contributed by atoms with Crippen molar-refractivity contribution in [3.05, 3.63) is 204 Å². The molecule has 0 saturated carbocycles. The van der Waals surface area contributed by atoms with Gasteiger partial charge in [-0.2, -0.15) is 0 Å². The number of hydrogen-bond donors (Lipinski definition) is 0. The summed E-state index contributed by atoms with van der Waals surface area (Å²) in [6.07, 6.45) is 0. The summed E-state index contributed by atoms with van der Waals surface area (Å²) in [6, 6.07) is 66.6. The Labute approximate surface area is 296 Å². The molecule has 2 nitrogen and oxygen atoms in total. The predicted molar refractivity (Wildman–Crippen MR) is 213 cm³/mol. The van der Waals surface area contributed by atoms with Crippen molar-refractivity contribution in [3.8, 4) is 66.8 Å². The summed E-state index contributed by atoms with van der Waals surface area (Å²) in [5.41, 5.74) is 14.1. The van der Waals surface area contributed by atoms with Gasteiger partial charge in [0.15, 0.2) is 0 Å². The average molecular weight is 653 g/mol. The molecule has 2 heteroatoms. The van der Waals surface area contributed by atoms with Gasteiger partial charge in [-0.1, -0.05) is 170 Å². The monoisotopic (exact) mass is 652 g/mol. The second kappa shape index (κ2) is 12.9. The molecule has 0 unspecified atom stereocenters. The van der Waals surface area contributed by atoms with E-state index in [1.807, 2.05) is 48.5 Å². The summed E-state index contributed by atoms with van der Waals surface area (Å²) < 4.78 is 6.47. The molecule has 0 radical (unpaired) electrons. The fraction of sp³-hybridized carbons (Fsp3) is 0. The van der Waals surface area contributed by atoms with Crippen LogP contribution in [-0.2, 0) is 0 Å². The summed E-state index contributed by atoms with van der Waals surface area (Å²) in [5, 5.41) is 1.11. The van der Waals surface area contributed by atoms with Crippen LogP contribution >= 0.6 is 0 Å². The van der Waals surface area contributed by atoms with E-state index in [-0.39, 0.29) is 5.43 Å². The van der Waals surface area contributed by atoms with Crippen molar-refractivity contribution < 1.29 is 4.42 Å². The third-order valence-corrected chi connectivity index (χ3v) is 9.71. The lowest BCUT2D eigenvalue weighted by Crippen LogP contribution is -2.03. The molecule has 0 fully saturated rings. The van der Waals surface area contributed by atoms with Gasteiger partial charge in [-0.05, 0) is 91.0 Å². The molecule has 9 aromatic rings. The second-order valence-corrected chi connectivity index (χ2v) is 12.8. The van der Waals surface area contributed by atoms with E-state index in [0.29, 0.717) is 21.9 Å². The van der Waals surface area contributed by atoms with Gasteiger partial charge in [-0.25, -0.2) is 0 Å². The Morgan fingerprint density at radius 3 is 0.922 bits per heavy atom. The Hall–Kier alpha value is -6.77. The molecule has 51 heavy (non-hydrogen) atoms. The lowest BCUT2D eigenvalue weighted by Gasteiger charge is -2.17. The van der Waals surface area contributed by atoms with Crippen LogP contribution in [0.1, 0.15) is 0 Å². The van der Waals surface area contributed by atoms with Crippen molar-refractivity contribution in [3.63, 3.8) is 0 Å². The summed E-state index contributed by atoms with van der Waals surface area (Å²) in [7, 11) is 0. The minimum Gasteiger partial charge on any atom is -0.456 e. The molecule has 0 N–H and O–H groups in total. The van der Waals surface area contributed by atoms with Crippen LogP contribution in [0.25, 0.3) is 88.7 Å². The molecule has 0 aliphatic heterocycles. The van der Waals surface area contributed by atoms with Gasteiger partial charge in [-0.3, -0.25) is 4.79 Å². The van der Waals surface area contributed by atoms with Crippen molar-refractivity contribution >= 4 is 21.9 Å². The van der Waals surface area contributed by atoms with Crippen LogP contribution < -0.4 is 5.43 Å². The molecule has 0 bridgehead atoms. The molecule has 0 spiro atoms. The van der Waals surface area contributed by atoms with Gasteiger partial charge >= 0.3 is 0 Å². The van der Waals surface area contributed by atoms with Crippen molar-refractivity contribution in [1.29, 1.82) is 0 Å². The summed E-state index contributed by atoms with van der Waals surface area (Å²) in [5.74, 6) is 0. The molecular formula is C49H32O2. The normalized spacial score (nSPS) is 11.2. The fourth-order valence-corrected chi connectivity index (χ4v) is 7.33. The van der Waals surface area contributed by atoms with Gasteiger partial charge in [0.2, 0.25) is 5.43 Å². The molecule has 240 valence electrons. The largest absolute Gasteiger partial charge is 0.456 e. The first-order valence-electron chi connectivity index (χ1n) is 17.2. The highest BCUT2D eigenvalue weighted by Crippen LogP contribution is 2.43. The zero-order valence-corrected chi connectivity index (χ0v) is 27.8. The number of fused-ring (bicyclic) bond motifs is 2. The molecule has 0 aliphatic carbocycles. The standard InChI is InChI=1S/C49H32O2/c50-49-43-31-37(47-39(33-15-5-1-6-16-33)23-13-24-40(47)34-17-7-2-8-18-34)27-29-45(43)51-46-30-28-38(32-44(46)49)48-41(35-19-9-3-10-20-35)25-14-26-42(48)36-21-11-4-12-22-36/h1-32H. The lowest BCUT2D eigenvalue weighted by atomic mass is 9.87. The Morgan fingerprint density at radius 1 is 0.294 bits per heavy atom. The van der Waals surface area contributed by atoms with E-state index in [9.17, 15) is 4.79 Å². The maximum Gasteiger partial charge on any atom is 0.200 e. The van der Waals surface area contributed by atoms with Gasteiger partial charge in [0.05, 0.1) is 10.8 Å². The van der Waals surface area contributed by atoms with Gasteiger partial charge in [-0.15, -0.1) is 0 Å². The quantitative estimate of drug-likeness (QED) is 0.167. The first-order chi connectivity index (χ1) is 25.2. The second-order valence-electron chi connectivity index (χ2n) is 12.8. The van der Waals surface area contributed by atoms with Crippen LogP contribution in [0.3, 0.4) is 0 Å². The number of rotatable bonds is 6. The molecule has 8 aromatic carbocycles. The molecule has 9 rings (SSSR count). The number of hydrogen-bond acceptors (Lipinski definition) is 2. The highest BCUT2D eigenvalue weighted by atomic mass is 16.3. The maximum absolute atomic E-state index is 14.6. The molecule has 0 atom stereocenters. The van der Waals surface area contributed by atoms with E-state index in [2.05, 4.69) is 146 Å². The topological polar surface area (TPSA) is 30.2 Å². The van der Waals surface area contributed by atoms with Crippen LogP contribution in [0, 0.1) is 0 Å². The van der Waals surface area contributed by atoms with Crippen LogP contribution in [0.15, 0.2) is 203 Å². The van der Waals surface area contributed by atoms with E-state index >= 15 is 0 Å². The average Bonchev–Trinajstić information content (AvgIpc) is 3.21. The smallest absolute Gasteiger partial charge is 0.200 e.